The summed E-state index contributed by atoms with van der Waals surface area (Å²) in [5.41, 5.74) is 2.38. The van der Waals surface area contributed by atoms with Crippen LogP contribution in [0.3, 0.4) is 0 Å². The molecule has 0 bridgehead atoms. The summed E-state index contributed by atoms with van der Waals surface area (Å²) < 4.78 is 41.0. The van der Waals surface area contributed by atoms with Crippen molar-refractivity contribution >= 4 is 54.1 Å². The number of esters is 2. The lowest BCUT2D eigenvalue weighted by Crippen LogP contribution is -2.37. The lowest BCUT2D eigenvalue weighted by molar-refractivity contribution is -0.870. The summed E-state index contributed by atoms with van der Waals surface area (Å²) in [5, 5.41) is 4.12. The number of carbonyl (C=O) groups is 4. The van der Waals surface area contributed by atoms with Crippen LogP contribution in [0.25, 0.3) is 10.9 Å². The number of quaternary nitrogens is 1. The van der Waals surface area contributed by atoms with Gasteiger partial charge in [-0.2, -0.15) is 0 Å². The molecule has 14 nitrogen and oxygen atoms in total. The number of amides is 1. The number of nitrogens with zero attached hydrogens (tertiary/aromatic N) is 2. The first-order valence-electron chi connectivity index (χ1n) is 24.0. The van der Waals surface area contributed by atoms with Crippen LogP contribution in [0.1, 0.15) is 151 Å². The Kier molecular flexibility index (Phi) is 26.2. The van der Waals surface area contributed by atoms with Crippen molar-refractivity contribution < 1.29 is 56.4 Å². The van der Waals surface area contributed by atoms with Gasteiger partial charge in [-0.3, -0.25) is 28.3 Å². The number of nitrogens with one attached hydrogen (secondary N) is 1. The number of rotatable bonds is 35. The minimum absolute atomic E-state index is 0.000892. The third-order valence-corrected chi connectivity index (χ3v) is 12.7. The predicted molar refractivity (Wildman–Crippen MR) is 258 cm³/mol. The molecule has 1 aromatic heterocycles. The maximum absolute atomic E-state index is 13.6. The van der Waals surface area contributed by atoms with E-state index in [1.807, 2.05) is 21.1 Å². The molecule has 1 amide bonds. The minimum Gasteiger partial charge on any atom is -0.756 e. The van der Waals surface area contributed by atoms with E-state index in [4.69, 9.17) is 34.9 Å². The number of phosphoric acid groups is 1. The molecule has 0 aliphatic rings. The van der Waals surface area contributed by atoms with E-state index in [1.165, 1.54) is 70.6 Å². The van der Waals surface area contributed by atoms with Crippen LogP contribution in [-0.4, -0.2) is 100 Å². The van der Waals surface area contributed by atoms with Crippen LogP contribution in [-0.2, 0) is 43.9 Å². The predicted octanol–water partition coefficient (Wildman–Crippen LogP) is 10.1. The van der Waals surface area contributed by atoms with Crippen molar-refractivity contribution in [3.05, 3.63) is 64.3 Å². The monoisotopic (exact) mass is 961 g/mol. The number of phosphoric ester groups is 1. The number of methoxy groups -OCH3 is 1. The largest absolute Gasteiger partial charge is 0.756 e. The van der Waals surface area contributed by atoms with E-state index < -0.39 is 32.5 Å². The number of carbonyl (C=O) groups excluding carboxylic acids is 4. The summed E-state index contributed by atoms with van der Waals surface area (Å²) in [4.78, 5) is 64.9. The molecular formula is C50H77ClN3O11P. The second-order valence-electron chi connectivity index (χ2n) is 18.2. The SMILES string of the molecule is CCCCCCCCCCCCCCCCCC(=O)OCC(COP(=O)([O-])OCC[N+](C)(C)C)OC(=O)CCCCNC(=O)Cc1c(C)n(C(=O)c2ccc(Cl)cc2)c2ccc(OC)cc12. The van der Waals surface area contributed by atoms with E-state index in [1.54, 1.807) is 61.1 Å². The van der Waals surface area contributed by atoms with Crippen molar-refractivity contribution in [3.63, 3.8) is 0 Å². The molecule has 0 spiro atoms. The van der Waals surface area contributed by atoms with Crippen molar-refractivity contribution in [3.8, 4) is 5.75 Å². The third kappa shape index (κ3) is 22.3. The minimum atomic E-state index is -4.74. The van der Waals surface area contributed by atoms with Gasteiger partial charge in [-0.1, -0.05) is 108 Å². The average molecular weight is 963 g/mol. The number of benzene rings is 2. The molecule has 0 radical (unpaired) electrons. The number of unbranched alkanes of at least 4 members (excludes halogenated alkanes) is 15. The van der Waals surface area contributed by atoms with Gasteiger partial charge in [-0.25, -0.2) is 0 Å². The normalized spacial score (nSPS) is 13.0. The van der Waals surface area contributed by atoms with E-state index in [-0.39, 0.29) is 50.8 Å². The highest BCUT2D eigenvalue weighted by atomic mass is 35.5. The van der Waals surface area contributed by atoms with Gasteiger partial charge in [0.15, 0.2) is 6.10 Å². The second-order valence-corrected chi connectivity index (χ2v) is 20.0. The van der Waals surface area contributed by atoms with Gasteiger partial charge in [-0.05, 0) is 74.2 Å². The summed E-state index contributed by atoms with van der Waals surface area (Å²) in [6.07, 6.45) is 18.0. The number of ether oxygens (including phenoxy) is 3. The van der Waals surface area contributed by atoms with Gasteiger partial charge in [0.25, 0.3) is 13.7 Å². The van der Waals surface area contributed by atoms with Crippen molar-refractivity contribution in [2.24, 2.45) is 0 Å². The van der Waals surface area contributed by atoms with Crippen LogP contribution in [0, 0.1) is 6.92 Å². The Hall–Kier alpha value is -3.78. The van der Waals surface area contributed by atoms with Crippen LogP contribution >= 0.6 is 19.4 Å². The molecule has 0 aliphatic heterocycles. The van der Waals surface area contributed by atoms with Gasteiger partial charge < -0.3 is 38.0 Å². The maximum Gasteiger partial charge on any atom is 0.306 e. The maximum atomic E-state index is 13.6. The van der Waals surface area contributed by atoms with Crippen LogP contribution in [0.15, 0.2) is 42.5 Å². The standard InChI is InChI=1S/C50H77ClN3O11P/c1-7-8-9-10-11-12-13-14-15-16-17-18-19-20-21-24-48(56)62-37-43(38-64-66(59,60)63-34-33-54(3,4)5)65-49(57)25-22-23-32-52-47(55)36-44-39(2)53(46-31-30-42(61-6)35-45(44)46)50(58)40-26-28-41(51)29-27-40/h26-31,35,43H,7-25,32-34,36-38H2,1-6H3,(H-,52,55,59,60). The summed E-state index contributed by atoms with van der Waals surface area (Å²) in [5.74, 6) is -1.04. The van der Waals surface area contributed by atoms with Crippen LogP contribution in [0.2, 0.25) is 5.02 Å². The number of hydrogen-bond acceptors (Lipinski definition) is 11. The van der Waals surface area contributed by atoms with E-state index in [0.29, 0.717) is 68.8 Å². The highest BCUT2D eigenvalue weighted by molar-refractivity contribution is 7.45. The Morgan fingerprint density at radius 3 is 1.94 bits per heavy atom. The van der Waals surface area contributed by atoms with Gasteiger partial charge in [0.2, 0.25) is 5.91 Å². The first-order valence-corrected chi connectivity index (χ1v) is 25.9. The summed E-state index contributed by atoms with van der Waals surface area (Å²) in [6.45, 7) is 3.68. The van der Waals surface area contributed by atoms with Crippen LogP contribution in [0.4, 0.5) is 0 Å². The van der Waals surface area contributed by atoms with Crippen molar-refractivity contribution in [1.29, 1.82) is 0 Å². The van der Waals surface area contributed by atoms with Crippen molar-refractivity contribution in [2.75, 3.05) is 61.2 Å². The topological polar surface area (TPSA) is 172 Å². The zero-order valence-corrected chi connectivity index (χ0v) is 42.2. The zero-order valence-electron chi connectivity index (χ0n) is 40.5. The summed E-state index contributed by atoms with van der Waals surface area (Å²) in [7, 11) is 2.50. The summed E-state index contributed by atoms with van der Waals surface area (Å²) >= 11 is 6.05. The molecule has 370 valence electrons. The molecule has 0 aliphatic carbocycles. The fraction of sp³-hybridized carbons (Fsp3) is 0.640. The molecule has 2 unspecified atom stereocenters. The fourth-order valence-electron chi connectivity index (χ4n) is 7.54. The number of fused-ring (bicyclic) bond motifs is 1. The number of halogens is 1. The molecule has 3 aromatic rings. The Balaban J connectivity index is 1.44. The molecule has 0 fully saturated rings. The van der Waals surface area contributed by atoms with Gasteiger partial charge in [0, 0.05) is 41.1 Å². The first-order chi connectivity index (χ1) is 31.5. The fourth-order valence-corrected chi connectivity index (χ4v) is 8.39. The van der Waals surface area contributed by atoms with Crippen molar-refractivity contribution in [2.45, 2.75) is 148 Å². The Labute approximate surface area is 398 Å². The van der Waals surface area contributed by atoms with Gasteiger partial charge in [0.05, 0.1) is 46.8 Å². The summed E-state index contributed by atoms with van der Waals surface area (Å²) in [6, 6.07) is 12.0. The third-order valence-electron chi connectivity index (χ3n) is 11.4. The second kappa shape index (κ2) is 30.6. The zero-order chi connectivity index (χ0) is 48.4. The number of likely N-dealkylation sites (N-methyl/N-ethyl adjacent to an activating group) is 1. The van der Waals surface area contributed by atoms with E-state index in [2.05, 4.69) is 12.2 Å². The molecule has 2 aromatic carbocycles. The molecule has 2 atom stereocenters. The Morgan fingerprint density at radius 1 is 0.773 bits per heavy atom. The van der Waals surface area contributed by atoms with Crippen molar-refractivity contribution in [1.82, 2.24) is 9.88 Å². The number of aromatic nitrogens is 1. The smallest absolute Gasteiger partial charge is 0.306 e. The lowest BCUT2D eigenvalue weighted by atomic mass is 10.0. The first kappa shape index (κ1) is 56.5. The van der Waals surface area contributed by atoms with Gasteiger partial charge >= 0.3 is 11.9 Å². The molecule has 3 rings (SSSR count). The molecule has 1 N–H and O–H groups in total. The Morgan fingerprint density at radius 2 is 1.35 bits per heavy atom. The van der Waals surface area contributed by atoms with E-state index in [0.717, 1.165) is 19.3 Å². The molecule has 16 heteroatoms. The van der Waals surface area contributed by atoms with Gasteiger partial charge in [0.1, 0.15) is 25.5 Å². The Bertz CT molecular complexity index is 1980. The highest BCUT2D eigenvalue weighted by Crippen LogP contribution is 2.38. The van der Waals surface area contributed by atoms with E-state index in [9.17, 15) is 28.6 Å². The lowest BCUT2D eigenvalue weighted by Gasteiger charge is -2.28. The molecule has 66 heavy (non-hydrogen) atoms. The van der Waals surface area contributed by atoms with E-state index >= 15 is 0 Å². The highest BCUT2D eigenvalue weighted by Gasteiger charge is 2.24. The van der Waals surface area contributed by atoms with Gasteiger partial charge in [-0.15, -0.1) is 0 Å². The quantitative estimate of drug-likeness (QED) is 0.0257. The molecule has 0 saturated carbocycles. The average Bonchev–Trinajstić information content (AvgIpc) is 3.54. The molecule has 0 saturated heterocycles. The van der Waals surface area contributed by atoms with Crippen LogP contribution < -0.4 is 14.9 Å². The molecular weight excluding hydrogens is 885 g/mol. The van der Waals surface area contributed by atoms with Crippen LogP contribution in [0.5, 0.6) is 5.75 Å². The molecule has 1 heterocycles. The number of hydrogen-bond donors (Lipinski definition) is 1.